The first kappa shape index (κ1) is 22.9. The van der Waals surface area contributed by atoms with Crippen LogP contribution in [0.3, 0.4) is 0 Å². The number of aromatic amines is 1. The molecule has 1 unspecified atom stereocenters. The number of anilines is 1. The lowest BCUT2D eigenvalue weighted by Gasteiger charge is -2.39. The number of pyridine rings is 1. The van der Waals surface area contributed by atoms with E-state index >= 15 is 4.39 Å². The van der Waals surface area contributed by atoms with Crippen LogP contribution in [0, 0.1) is 18.7 Å². The number of rotatable bonds is 4. The zero-order valence-corrected chi connectivity index (χ0v) is 19.6. The molecule has 0 radical (unpaired) electrons. The Bertz CT molecular complexity index is 1510. The van der Waals surface area contributed by atoms with Crippen molar-refractivity contribution in [2.24, 2.45) is 0 Å². The number of carbonyl (C=O) groups is 1. The van der Waals surface area contributed by atoms with Crippen LogP contribution in [0.4, 0.5) is 14.5 Å². The average molecular weight is 482 g/mol. The van der Waals surface area contributed by atoms with Crippen LogP contribution >= 0.6 is 0 Å². The molecule has 0 saturated carbocycles. The van der Waals surface area contributed by atoms with Gasteiger partial charge in [0.15, 0.2) is 5.82 Å². The lowest BCUT2D eigenvalue weighted by Crippen LogP contribution is -2.47. The number of fused-ring (bicyclic) bond motifs is 3. The fourth-order valence-corrected chi connectivity index (χ4v) is 4.73. The molecule has 5 rings (SSSR count). The quantitative estimate of drug-likeness (QED) is 0.435. The molecule has 4 heterocycles. The van der Waals surface area contributed by atoms with Crippen molar-refractivity contribution < 1.29 is 13.6 Å². The van der Waals surface area contributed by atoms with Gasteiger partial charge in [0.05, 0.1) is 17.4 Å². The molecule has 1 aromatic carbocycles. The minimum absolute atomic E-state index is 0.0216. The van der Waals surface area contributed by atoms with Crippen LogP contribution in [0.1, 0.15) is 34.6 Å². The van der Waals surface area contributed by atoms with Gasteiger partial charge in [-0.05, 0) is 32.0 Å². The van der Waals surface area contributed by atoms with Gasteiger partial charge in [0.2, 0.25) is 5.95 Å². The summed E-state index contributed by atoms with van der Waals surface area (Å²) in [7, 11) is 1.46. The summed E-state index contributed by atoms with van der Waals surface area (Å²) in [5.41, 5.74) is 2.17. The second-order valence-corrected chi connectivity index (χ2v) is 8.69. The molecule has 2 N–H and O–H groups in total. The molecule has 9 nitrogen and oxygen atoms in total. The molecule has 1 amide bonds. The summed E-state index contributed by atoms with van der Waals surface area (Å²) in [5.74, 6) is -1.63. The number of hydrogen-bond acceptors (Lipinski definition) is 6. The van der Waals surface area contributed by atoms with Crippen molar-refractivity contribution >= 4 is 28.1 Å². The van der Waals surface area contributed by atoms with Crippen molar-refractivity contribution in [3.05, 3.63) is 69.4 Å². The molecular weight excluding hydrogens is 456 g/mol. The summed E-state index contributed by atoms with van der Waals surface area (Å²) >= 11 is 0. The van der Waals surface area contributed by atoms with Gasteiger partial charge in [-0.2, -0.15) is 9.49 Å². The number of aromatic nitrogens is 4. The zero-order chi connectivity index (χ0) is 24.9. The Morgan fingerprint density at radius 2 is 1.89 bits per heavy atom. The van der Waals surface area contributed by atoms with E-state index in [1.54, 1.807) is 31.3 Å². The maximum Gasteiger partial charge on any atom is 0.274 e. The predicted molar refractivity (Wildman–Crippen MR) is 128 cm³/mol. The second kappa shape index (κ2) is 8.73. The van der Waals surface area contributed by atoms with Gasteiger partial charge in [0, 0.05) is 50.4 Å². The molecule has 4 aromatic rings. The van der Waals surface area contributed by atoms with E-state index in [-0.39, 0.29) is 22.8 Å². The number of halogens is 2. The topological polar surface area (TPSA) is 98.6 Å². The number of amides is 1. The van der Waals surface area contributed by atoms with Crippen molar-refractivity contribution in [2.45, 2.75) is 19.9 Å². The molecule has 1 saturated heterocycles. The molecule has 1 atom stereocenters. The van der Waals surface area contributed by atoms with E-state index in [2.05, 4.69) is 25.3 Å². The standard InChI is InChI=1S/C24H25F2N7O2/c1-13-12-28-33-17-6-4-15(19(25)20(17)30-24(35)21(13)33)14(2)31-8-10-32(11-9-31)18-7-5-16(23(34)27-3)29-22(18)26/h4-7,12,14H,8-11H2,1-3H3,(H,27,34)(H,30,35). The van der Waals surface area contributed by atoms with E-state index in [0.717, 1.165) is 5.56 Å². The normalized spacial score (nSPS) is 15.6. The Morgan fingerprint density at radius 3 is 2.57 bits per heavy atom. The van der Waals surface area contributed by atoms with E-state index in [0.29, 0.717) is 48.5 Å². The molecule has 0 aliphatic carbocycles. The highest BCUT2D eigenvalue weighted by Crippen LogP contribution is 2.29. The predicted octanol–water partition coefficient (Wildman–Crippen LogP) is 2.40. The maximum absolute atomic E-state index is 15.6. The molecule has 1 aliphatic heterocycles. The third kappa shape index (κ3) is 3.81. The van der Waals surface area contributed by atoms with E-state index in [9.17, 15) is 14.0 Å². The van der Waals surface area contributed by atoms with Crippen LogP contribution in [0.2, 0.25) is 0 Å². The Balaban J connectivity index is 1.37. The Morgan fingerprint density at radius 1 is 1.14 bits per heavy atom. The third-order valence-corrected chi connectivity index (χ3v) is 6.73. The maximum atomic E-state index is 15.6. The molecule has 0 bridgehead atoms. The van der Waals surface area contributed by atoms with Crippen LogP contribution in [-0.4, -0.2) is 63.6 Å². The number of benzene rings is 1. The molecule has 0 spiro atoms. The summed E-state index contributed by atoms with van der Waals surface area (Å²) < 4.78 is 31.6. The van der Waals surface area contributed by atoms with Crippen molar-refractivity contribution in [1.82, 2.24) is 29.8 Å². The van der Waals surface area contributed by atoms with Gasteiger partial charge in [-0.3, -0.25) is 14.5 Å². The van der Waals surface area contributed by atoms with Crippen molar-refractivity contribution in [2.75, 3.05) is 38.1 Å². The Labute approximate surface area is 199 Å². The zero-order valence-electron chi connectivity index (χ0n) is 19.6. The fraction of sp³-hybridized carbons (Fsp3) is 0.333. The number of hydrogen-bond donors (Lipinski definition) is 2. The van der Waals surface area contributed by atoms with E-state index < -0.39 is 17.7 Å². The summed E-state index contributed by atoms with van der Waals surface area (Å²) in [6.45, 7) is 5.87. The average Bonchev–Trinajstić information content (AvgIpc) is 3.26. The van der Waals surface area contributed by atoms with E-state index in [1.165, 1.54) is 17.6 Å². The van der Waals surface area contributed by atoms with Crippen LogP contribution in [0.25, 0.3) is 16.6 Å². The first-order valence-electron chi connectivity index (χ1n) is 11.4. The van der Waals surface area contributed by atoms with Gasteiger partial charge in [0.1, 0.15) is 16.7 Å². The van der Waals surface area contributed by atoms with Gasteiger partial charge < -0.3 is 15.2 Å². The van der Waals surface area contributed by atoms with Gasteiger partial charge in [-0.1, -0.05) is 6.07 Å². The molecule has 1 fully saturated rings. The highest BCUT2D eigenvalue weighted by Gasteiger charge is 2.27. The first-order valence-corrected chi connectivity index (χ1v) is 11.4. The first-order chi connectivity index (χ1) is 16.8. The number of carbonyl (C=O) groups excluding carboxylic acids is 1. The van der Waals surface area contributed by atoms with Crippen molar-refractivity contribution in [1.29, 1.82) is 0 Å². The minimum atomic E-state index is -0.697. The monoisotopic (exact) mass is 481 g/mol. The van der Waals surface area contributed by atoms with Gasteiger partial charge in [-0.15, -0.1) is 0 Å². The highest BCUT2D eigenvalue weighted by molar-refractivity contribution is 5.92. The summed E-state index contributed by atoms with van der Waals surface area (Å²) in [6, 6.07) is 6.28. The Kier molecular flexibility index (Phi) is 5.72. The molecular formula is C24H25F2N7O2. The smallest absolute Gasteiger partial charge is 0.274 e. The number of nitrogens with zero attached hydrogens (tertiary/aromatic N) is 5. The lowest BCUT2D eigenvalue weighted by molar-refractivity contribution is 0.0957. The summed E-state index contributed by atoms with van der Waals surface area (Å²) in [5, 5.41) is 6.66. The minimum Gasteiger partial charge on any atom is -0.365 e. The van der Waals surface area contributed by atoms with E-state index in [4.69, 9.17) is 0 Å². The largest absolute Gasteiger partial charge is 0.365 e. The highest BCUT2D eigenvalue weighted by atomic mass is 19.1. The van der Waals surface area contributed by atoms with Crippen LogP contribution in [0.15, 0.2) is 35.3 Å². The number of nitrogens with one attached hydrogen (secondary N) is 2. The van der Waals surface area contributed by atoms with E-state index in [1.807, 2.05) is 11.8 Å². The molecule has 3 aromatic heterocycles. The summed E-state index contributed by atoms with van der Waals surface area (Å²) in [6.07, 6.45) is 1.59. The molecule has 11 heteroatoms. The van der Waals surface area contributed by atoms with Gasteiger partial charge in [-0.25, -0.2) is 13.9 Å². The fourth-order valence-electron chi connectivity index (χ4n) is 4.73. The molecule has 182 valence electrons. The summed E-state index contributed by atoms with van der Waals surface area (Å²) in [4.78, 5) is 34.6. The SMILES string of the molecule is CNC(=O)c1ccc(N2CCN(C(C)c3ccc4c([nH]c(=O)c5c(C)cnn54)c3F)CC2)c(F)n1. The van der Waals surface area contributed by atoms with Gasteiger partial charge in [0.25, 0.3) is 11.5 Å². The molecule has 1 aliphatic rings. The number of piperazine rings is 1. The third-order valence-electron chi connectivity index (χ3n) is 6.73. The van der Waals surface area contributed by atoms with Crippen molar-refractivity contribution in [3.63, 3.8) is 0 Å². The number of H-pyrrole nitrogens is 1. The van der Waals surface area contributed by atoms with Crippen molar-refractivity contribution in [3.8, 4) is 0 Å². The van der Waals surface area contributed by atoms with Crippen LogP contribution in [0.5, 0.6) is 0 Å². The second-order valence-electron chi connectivity index (χ2n) is 8.69. The number of aryl methyl sites for hydroxylation is 1. The van der Waals surface area contributed by atoms with Crippen LogP contribution in [-0.2, 0) is 0 Å². The Hall–Kier alpha value is -3.86. The lowest BCUT2D eigenvalue weighted by atomic mass is 10.0. The van der Waals surface area contributed by atoms with Gasteiger partial charge >= 0.3 is 0 Å². The van der Waals surface area contributed by atoms with Crippen LogP contribution < -0.4 is 15.8 Å². The molecule has 35 heavy (non-hydrogen) atoms.